The fraction of sp³-hybridized carbons (Fsp3) is 0.440. The maximum Gasteiger partial charge on any atom is 0.315 e. The van der Waals surface area contributed by atoms with Crippen LogP contribution in [0.4, 0.5) is 14.9 Å². The molecule has 176 valence electrons. The third-order valence-corrected chi connectivity index (χ3v) is 6.29. The van der Waals surface area contributed by atoms with Gasteiger partial charge in [-0.25, -0.2) is 9.18 Å². The summed E-state index contributed by atoms with van der Waals surface area (Å²) in [5.74, 6) is 0.0611. The number of piperidine rings is 1. The highest BCUT2D eigenvalue weighted by molar-refractivity contribution is 5.95. The average molecular weight is 455 g/mol. The van der Waals surface area contributed by atoms with E-state index in [1.54, 1.807) is 11.0 Å². The number of nitrogens with one attached hydrogen (secondary N) is 2. The lowest BCUT2D eigenvalue weighted by Crippen LogP contribution is -2.47. The molecule has 0 atom stereocenters. The number of benzene rings is 2. The molecule has 0 radical (unpaired) electrons. The molecule has 4 rings (SSSR count). The third kappa shape index (κ3) is 6.01. The first-order valence-corrected chi connectivity index (χ1v) is 11.5. The quantitative estimate of drug-likeness (QED) is 0.672. The fourth-order valence-corrected chi connectivity index (χ4v) is 4.48. The van der Waals surface area contributed by atoms with Gasteiger partial charge in [0.25, 0.3) is 0 Å². The maximum absolute atomic E-state index is 13.9. The van der Waals surface area contributed by atoms with Crippen LogP contribution in [0.25, 0.3) is 0 Å². The van der Waals surface area contributed by atoms with E-state index < -0.39 is 0 Å². The van der Waals surface area contributed by atoms with Gasteiger partial charge in [0.2, 0.25) is 5.91 Å². The third-order valence-electron chi connectivity index (χ3n) is 6.29. The van der Waals surface area contributed by atoms with Gasteiger partial charge in [0.05, 0.1) is 7.11 Å². The predicted molar refractivity (Wildman–Crippen MR) is 125 cm³/mol. The van der Waals surface area contributed by atoms with Gasteiger partial charge in [-0.05, 0) is 54.7 Å². The van der Waals surface area contributed by atoms with Crippen molar-refractivity contribution in [2.24, 2.45) is 0 Å². The molecule has 0 bridgehead atoms. The summed E-state index contributed by atoms with van der Waals surface area (Å²) in [6.07, 6.45) is 3.18. The van der Waals surface area contributed by atoms with Crippen LogP contribution in [0.5, 0.6) is 5.75 Å². The molecule has 2 aliphatic heterocycles. The number of rotatable bonds is 7. The molecule has 3 amide bonds. The molecule has 2 N–H and O–H groups in total. The zero-order chi connectivity index (χ0) is 23.2. The topological polar surface area (TPSA) is 73.9 Å². The second-order valence-corrected chi connectivity index (χ2v) is 8.67. The molecule has 2 heterocycles. The van der Waals surface area contributed by atoms with Gasteiger partial charge in [-0.1, -0.05) is 18.2 Å². The van der Waals surface area contributed by atoms with Crippen molar-refractivity contribution in [1.82, 2.24) is 15.5 Å². The number of carbonyl (C=O) groups is 2. The van der Waals surface area contributed by atoms with Gasteiger partial charge in [0.1, 0.15) is 0 Å². The number of urea groups is 1. The van der Waals surface area contributed by atoms with Crippen LogP contribution in [0.15, 0.2) is 42.5 Å². The molecular weight excluding hydrogens is 423 g/mol. The number of anilines is 1. The monoisotopic (exact) mass is 454 g/mol. The van der Waals surface area contributed by atoms with E-state index in [0.717, 1.165) is 55.7 Å². The van der Waals surface area contributed by atoms with Gasteiger partial charge in [0, 0.05) is 50.9 Å². The molecular formula is C25H31FN4O3. The van der Waals surface area contributed by atoms with Crippen LogP contribution in [0.2, 0.25) is 0 Å². The van der Waals surface area contributed by atoms with Crippen molar-refractivity contribution in [2.75, 3.05) is 31.6 Å². The van der Waals surface area contributed by atoms with Crippen molar-refractivity contribution in [2.45, 2.75) is 44.8 Å². The van der Waals surface area contributed by atoms with Gasteiger partial charge >= 0.3 is 6.03 Å². The highest BCUT2D eigenvalue weighted by atomic mass is 19.1. The molecule has 2 aromatic carbocycles. The van der Waals surface area contributed by atoms with Crippen molar-refractivity contribution in [3.63, 3.8) is 0 Å². The molecule has 2 aliphatic rings. The zero-order valence-corrected chi connectivity index (χ0v) is 19.0. The summed E-state index contributed by atoms with van der Waals surface area (Å²) in [4.78, 5) is 28.4. The van der Waals surface area contributed by atoms with E-state index in [0.29, 0.717) is 19.5 Å². The van der Waals surface area contributed by atoms with Crippen molar-refractivity contribution in [1.29, 1.82) is 0 Å². The summed E-state index contributed by atoms with van der Waals surface area (Å²) in [7, 11) is 1.46. The van der Waals surface area contributed by atoms with E-state index in [9.17, 15) is 14.0 Å². The summed E-state index contributed by atoms with van der Waals surface area (Å²) in [6, 6.07) is 12.7. The number of hydrogen-bond donors (Lipinski definition) is 2. The van der Waals surface area contributed by atoms with Crippen LogP contribution >= 0.6 is 0 Å². The average Bonchev–Trinajstić information content (AvgIpc) is 3.25. The summed E-state index contributed by atoms with van der Waals surface area (Å²) in [6.45, 7) is 3.51. The van der Waals surface area contributed by atoms with Gasteiger partial charge in [-0.3, -0.25) is 9.69 Å². The number of carbonyl (C=O) groups excluding carboxylic acids is 2. The molecule has 8 heteroatoms. The van der Waals surface area contributed by atoms with E-state index in [1.165, 1.54) is 13.2 Å². The molecule has 2 fully saturated rings. The molecule has 0 unspecified atom stereocenters. The summed E-state index contributed by atoms with van der Waals surface area (Å²) < 4.78 is 18.9. The molecule has 0 spiro atoms. The minimum atomic E-state index is -0.346. The van der Waals surface area contributed by atoms with Crippen LogP contribution in [-0.4, -0.2) is 49.6 Å². The van der Waals surface area contributed by atoms with E-state index in [2.05, 4.69) is 15.5 Å². The Balaban J connectivity index is 1.20. The molecule has 0 saturated carbocycles. The van der Waals surface area contributed by atoms with Crippen LogP contribution in [-0.2, 0) is 17.9 Å². The minimum absolute atomic E-state index is 0.113. The summed E-state index contributed by atoms with van der Waals surface area (Å²) >= 11 is 0. The minimum Gasteiger partial charge on any atom is -0.494 e. The van der Waals surface area contributed by atoms with Crippen molar-refractivity contribution >= 4 is 17.6 Å². The molecule has 7 nitrogen and oxygen atoms in total. The first kappa shape index (κ1) is 23.0. The van der Waals surface area contributed by atoms with E-state index in [4.69, 9.17) is 4.74 Å². The van der Waals surface area contributed by atoms with Gasteiger partial charge in [-0.2, -0.15) is 0 Å². The Morgan fingerprint density at radius 3 is 2.64 bits per heavy atom. The summed E-state index contributed by atoms with van der Waals surface area (Å²) in [5.41, 5.74) is 2.76. The molecule has 0 aliphatic carbocycles. The Kier molecular flexibility index (Phi) is 7.44. The molecule has 2 saturated heterocycles. The maximum atomic E-state index is 13.9. The molecule has 0 aromatic heterocycles. The number of ether oxygens (including phenoxy) is 1. The normalized spacial score (nSPS) is 17.3. The van der Waals surface area contributed by atoms with E-state index >= 15 is 0 Å². The second-order valence-electron chi connectivity index (χ2n) is 8.67. The number of nitrogens with zero attached hydrogens (tertiary/aromatic N) is 2. The SMILES string of the molecule is COc1ccc(CN2CCC(NC(=O)NCc3cccc(N4CCCC4=O)c3)CC2)cc1F. The van der Waals surface area contributed by atoms with Crippen LogP contribution in [0.1, 0.15) is 36.8 Å². The Hall–Kier alpha value is -3.13. The highest BCUT2D eigenvalue weighted by Crippen LogP contribution is 2.22. The Morgan fingerprint density at radius 1 is 1.12 bits per heavy atom. The van der Waals surface area contributed by atoms with Crippen LogP contribution < -0.4 is 20.3 Å². The number of methoxy groups -OCH3 is 1. The lowest BCUT2D eigenvalue weighted by Gasteiger charge is -2.32. The largest absolute Gasteiger partial charge is 0.494 e. The molecule has 2 aromatic rings. The standard InChI is InChI=1S/C25H31FN4O3/c1-33-23-8-7-19(15-22(23)26)17-29-12-9-20(10-13-29)28-25(32)27-16-18-4-2-5-21(14-18)30-11-3-6-24(30)31/h2,4-5,7-8,14-15,20H,3,6,9-13,16-17H2,1H3,(H2,27,28,32). The lowest BCUT2D eigenvalue weighted by molar-refractivity contribution is -0.117. The second kappa shape index (κ2) is 10.7. The van der Waals surface area contributed by atoms with E-state index in [-0.39, 0.29) is 29.5 Å². The van der Waals surface area contributed by atoms with Gasteiger partial charge in [0.15, 0.2) is 11.6 Å². The Morgan fingerprint density at radius 2 is 1.94 bits per heavy atom. The van der Waals surface area contributed by atoms with Crippen molar-refractivity contribution in [3.05, 3.63) is 59.4 Å². The fourth-order valence-electron chi connectivity index (χ4n) is 4.48. The zero-order valence-electron chi connectivity index (χ0n) is 19.0. The number of amides is 3. The first-order chi connectivity index (χ1) is 16.0. The predicted octanol–water partition coefficient (Wildman–Crippen LogP) is 3.42. The van der Waals surface area contributed by atoms with Crippen LogP contribution in [0, 0.1) is 5.82 Å². The van der Waals surface area contributed by atoms with E-state index in [1.807, 2.05) is 30.3 Å². The van der Waals surface area contributed by atoms with Crippen molar-refractivity contribution < 1.29 is 18.7 Å². The number of halogens is 1. The lowest BCUT2D eigenvalue weighted by atomic mass is 10.0. The Bertz CT molecular complexity index is 991. The Labute approximate surface area is 193 Å². The van der Waals surface area contributed by atoms with Crippen molar-refractivity contribution in [3.8, 4) is 5.75 Å². The number of likely N-dealkylation sites (tertiary alicyclic amines) is 1. The highest BCUT2D eigenvalue weighted by Gasteiger charge is 2.22. The first-order valence-electron chi connectivity index (χ1n) is 11.5. The van der Waals surface area contributed by atoms with Crippen LogP contribution in [0.3, 0.4) is 0 Å². The smallest absolute Gasteiger partial charge is 0.315 e. The van der Waals surface area contributed by atoms with Gasteiger partial charge in [-0.15, -0.1) is 0 Å². The summed E-state index contributed by atoms with van der Waals surface area (Å²) in [5, 5.41) is 5.98. The van der Waals surface area contributed by atoms with Gasteiger partial charge < -0.3 is 20.3 Å². The molecule has 33 heavy (non-hydrogen) atoms. The number of hydrogen-bond acceptors (Lipinski definition) is 4.